The Kier molecular flexibility index (Phi) is 5.00. The molecule has 1 aromatic carbocycles. The van der Waals surface area contributed by atoms with E-state index in [4.69, 9.17) is 16.3 Å². The Labute approximate surface area is 128 Å². The number of nitrogens with zero attached hydrogens (tertiary/aromatic N) is 1. The van der Waals surface area contributed by atoms with Crippen LogP contribution >= 0.6 is 11.6 Å². The molecule has 0 bridgehead atoms. The molecule has 6 heteroatoms. The summed E-state index contributed by atoms with van der Waals surface area (Å²) in [5.41, 5.74) is 0.827. The second kappa shape index (κ2) is 6.95. The second-order valence-electron chi connectivity index (χ2n) is 4.19. The molecule has 2 aromatic rings. The molecule has 0 aliphatic heterocycles. The Balaban J connectivity index is 2.14. The quantitative estimate of drug-likeness (QED) is 0.888. The SMILES string of the molecule is CCOc1ccc(NC(=O)c2nc(NC)ccc2Cl)cc1. The van der Waals surface area contributed by atoms with Gasteiger partial charge in [-0.2, -0.15) is 0 Å². The Bertz CT molecular complexity index is 629. The van der Waals surface area contributed by atoms with E-state index >= 15 is 0 Å². The summed E-state index contributed by atoms with van der Waals surface area (Å²) >= 11 is 6.01. The number of carbonyl (C=O) groups excluding carboxylic acids is 1. The molecule has 0 saturated heterocycles. The lowest BCUT2D eigenvalue weighted by molar-refractivity contribution is 0.102. The molecule has 0 aliphatic rings. The van der Waals surface area contributed by atoms with Crippen LogP contribution in [0.25, 0.3) is 0 Å². The number of amides is 1. The minimum Gasteiger partial charge on any atom is -0.494 e. The van der Waals surface area contributed by atoms with Gasteiger partial charge in [-0.3, -0.25) is 4.79 Å². The van der Waals surface area contributed by atoms with Crippen molar-refractivity contribution in [2.75, 3.05) is 24.3 Å². The molecule has 2 N–H and O–H groups in total. The highest BCUT2D eigenvalue weighted by atomic mass is 35.5. The number of hydrogen-bond acceptors (Lipinski definition) is 4. The van der Waals surface area contributed by atoms with Crippen molar-refractivity contribution < 1.29 is 9.53 Å². The summed E-state index contributed by atoms with van der Waals surface area (Å²) in [6.45, 7) is 2.51. The van der Waals surface area contributed by atoms with E-state index in [2.05, 4.69) is 15.6 Å². The van der Waals surface area contributed by atoms with Gasteiger partial charge in [0.25, 0.3) is 5.91 Å². The van der Waals surface area contributed by atoms with Crippen LogP contribution < -0.4 is 15.4 Å². The van der Waals surface area contributed by atoms with Crippen LogP contribution in [-0.2, 0) is 0 Å². The van der Waals surface area contributed by atoms with E-state index in [1.807, 2.05) is 6.92 Å². The third-order valence-corrected chi connectivity index (χ3v) is 3.05. The molecule has 0 unspecified atom stereocenters. The number of hydrogen-bond donors (Lipinski definition) is 2. The molecular formula is C15H16ClN3O2. The number of benzene rings is 1. The van der Waals surface area contributed by atoms with Crippen molar-refractivity contribution >= 4 is 29.0 Å². The zero-order chi connectivity index (χ0) is 15.2. The molecule has 0 radical (unpaired) electrons. The topological polar surface area (TPSA) is 63.2 Å². The number of ether oxygens (including phenoxy) is 1. The summed E-state index contributed by atoms with van der Waals surface area (Å²) in [6, 6.07) is 10.4. The molecule has 1 aromatic heterocycles. The normalized spacial score (nSPS) is 10.0. The number of halogens is 1. The third kappa shape index (κ3) is 3.86. The van der Waals surface area contributed by atoms with Gasteiger partial charge in [-0.25, -0.2) is 4.98 Å². The molecule has 0 atom stereocenters. The molecule has 0 fully saturated rings. The van der Waals surface area contributed by atoms with Crippen LogP contribution in [0.5, 0.6) is 5.75 Å². The van der Waals surface area contributed by atoms with E-state index in [1.54, 1.807) is 43.4 Å². The zero-order valence-corrected chi connectivity index (χ0v) is 12.6. The standard InChI is InChI=1S/C15H16ClN3O2/c1-3-21-11-6-4-10(5-7-11)18-15(20)14-12(16)8-9-13(17-2)19-14/h4-9H,3H2,1-2H3,(H,17,19)(H,18,20). The summed E-state index contributed by atoms with van der Waals surface area (Å²) in [6.07, 6.45) is 0. The summed E-state index contributed by atoms with van der Waals surface area (Å²) in [5, 5.41) is 5.92. The van der Waals surface area contributed by atoms with Gasteiger partial charge in [0.15, 0.2) is 0 Å². The smallest absolute Gasteiger partial charge is 0.275 e. The van der Waals surface area contributed by atoms with Gasteiger partial charge in [0.1, 0.15) is 17.3 Å². The van der Waals surface area contributed by atoms with Crippen LogP contribution in [0.2, 0.25) is 5.02 Å². The highest BCUT2D eigenvalue weighted by Crippen LogP contribution is 2.20. The van der Waals surface area contributed by atoms with Crippen LogP contribution in [0, 0.1) is 0 Å². The van der Waals surface area contributed by atoms with Crippen LogP contribution in [-0.4, -0.2) is 24.5 Å². The van der Waals surface area contributed by atoms with Crippen molar-refractivity contribution in [3.05, 3.63) is 47.1 Å². The highest BCUT2D eigenvalue weighted by molar-refractivity contribution is 6.34. The summed E-state index contributed by atoms with van der Waals surface area (Å²) in [5.74, 6) is 0.973. The summed E-state index contributed by atoms with van der Waals surface area (Å²) < 4.78 is 5.35. The van der Waals surface area contributed by atoms with Crippen molar-refractivity contribution in [1.29, 1.82) is 0 Å². The average Bonchev–Trinajstić information content (AvgIpc) is 2.50. The number of aromatic nitrogens is 1. The van der Waals surface area contributed by atoms with Crippen molar-refractivity contribution in [3.63, 3.8) is 0 Å². The van der Waals surface area contributed by atoms with Crippen molar-refractivity contribution in [2.24, 2.45) is 0 Å². The predicted molar refractivity (Wildman–Crippen MR) is 84.4 cm³/mol. The minimum absolute atomic E-state index is 0.178. The van der Waals surface area contributed by atoms with Crippen LogP contribution in [0.1, 0.15) is 17.4 Å². The first-order chi connectivity index (χ1) is 10.1. The molecule has 110 valence electrons. The molecule has 2 rings (SSSR count). The van der Waals surface area contributed by atoms with Crippen molar-refractivity contribution in [1.82, 2.24) is 4.98 Å². The fraction of sp³-hybridized carbons (Fsp3) is 0.200. The molecule has 21 heavy (non-hydrogen) atoms. The van der Waals surface area contributed by atoms with Crippen molar-refractivity contribution in [3.8, 4) is 5.75 Å². The Hall–Kier alpha value is -2.27. The number of pyridine rings is 1. The fourth-order valence-corrected chi connectivity index (χ4v) is 1.92. The highest BCUT2D eigenvalue weighted by Gasteiger charge is 2.13. The van der Waals surface area contributed by atoms with E-state index in [1.165, 1.54) is 0 Å². The molecule has 0 spiro atoms. The lowest BCUT2D eigenvalue weighted by atomic mass is 10.2. The Morgan fingerprint density at radius 2 is 1.95 bits per heavy atom. The molecule has 5 nitrogen and oxygen atoms in total. The number of nitrogens with one attached hydrogen (secondary N) is 2. The van der Waals surface area contributed by atoms with Gasteiger partial charge in [0, 0.05) is 12.7 Å². The maximum absolute atomic E-state index is 12.2. The minimum atomic E-state index is -0.360. The molecule has 0 aliphatic carbocycles. The van der Waals surface area contributed by atoms with Crippen LogP contribution in [0.4, 0.5) is 11.5 Å². The maximum atomic E-state index is 12.2. The van der Waals surface area contributed by atoms with Gasteiger partial charge >= 0.3 is 0 Å². The number of rotatable bonds is 5. The molecular weight excluding hydrogens is 290 g/mol. The first-order valence-electron chi connectivity index (χ1n) is 6.52. The Morgan fingerprint density at radius 3 is 2.57 bits per heavy atom. The van der Waals surface area contributed by atoms with Gasteiger partial charge in [-0.1, -0.05) is 11.6 Å². The van der Waals surface area contributed by atoms with Crippen molar-refractivity contribution in [2.45, 2.75) is 6.92 Å². The number of carbonyl (C=O) groups is 1. The molecule has 0 saturated carbocycles. The predicted octanol–water partition coefficient (Wildman–Crippen LogP) is 3.43. The summed E-state index contributed by atoms with van der Waals surface area (Å²) in [7, 11) is 1.73. The van der Waals surface area contributed by atoms with E-state index in [9.17, 15) is 4.79 Å². The third-order valence-electron chi connectivity index (χ3n) is 2.74. The average molecular weight is 306 g/mol. The zero-order valence-electron chi connectivity index (χ0n) is 11.8. The van der Waals surface area contributed by atoms with Crippen LogP contribution in [0.15, 0.2) is 36.4 Å². The van der Waals surface area contributed by atoms with E-state index in [-0.39, 0.29) is 11.6 Å². The first kappa shape index (κ1) is 15.1. The maximum Gasteiger partial charge on any atom is 0.275 e. The second-order valence-corrected chi connectivity index (χ2v) is 4.60. The lowest BCUT2D eigenvalue weighted by Crippen LogP contribution is -2.15. The number of anilines is 2. The van der Waals surface area contributed by atoms with E-state index < -0.39 is 0 Å². The van der Waals surface area contributed by atoms with E-state index in [0.717, 1.165) is 5.75 Å². The van der Waals surface area contributed by atoms with Crippen LogP contribution in [0.3, 0.4) is 0 Å². The van der Waals surface area contributed by atoms with Gasteiger partial charge in [-0.05, 0) is 43.3 Å². The van der Waals surface area contributed by atoms with Gasteiger partial charge in [-0.15, -0.1) is 0 Å². The monoisotopic (exact) mass is 305 g/mol. The largest absolute Gasteiger partial charge is 0.494 e. The fourth-order valence-electron chi connectivity index (χ4n) is 1.73. The molecule has 1 heterocycles. The summed E-state index contributed by atoms with van der Waals surface area (Å²) in [4.78, 5) is 16.4. The Morgan fingerprint density at radius 1 is 1.24 bits per heavy atom. The lowest BCUT2D eigenvalue weighted by Gasteiger charge is -2.09. The van der Waals surface area contributed by atoms with Gasteiger partial charge in [0.05, 0.1) is 11.6 Å². The molecule has 1 amide bonds. The van der Waals surface area contributed by atoms with Gasteiger partial charge < -0.3 is 15.4 Å². The first-order valence-corrected chi connectivity index (χ1v) is 6.90. The van der Waals surface area contributed by atoms with Gasteiger partial charge in [0.2, 0.25) is 0 Å². The van der Waals surface area contributed by atoms with E-state index in [0.29, 0.717) is 23.1 Å².